The van der Waals surface area contributed by atoms with Crippen molar-refractivity contribution in [2.45, 2.75) is 20.4 Å². The fourth-order valence-corrected chi connectivity index (χ4v) is 1.13. The van der Waals surface area contributed by atoms with Crippen molar-refractivity contribution in [1.82, 2.24) is 25.4 Å². The van der Waals surface area contributed by atoms with Gasteiger partial charge in [-0.3, -0.25) is 9.48 Å². The Hall–Kier alpha value is -1.43. The Labute approximate surface area is 95.4 Å². The van der Waals surface area contributed by atoms with Gasteiger partial charge in [0, 0.05) is 13.6 Å². The van der Waals surface area contributed by atoms with Crippen LogP contribution in [-0.2, 0) is 18.4 Å². The maximum atomic E-state index is 11.3. The molecule has 1 rings (SSSR count). The van der Waals surface area contributed by atoms with Crippen molar-refractivity contribution in [1.29, 1.82) is 0 Å². The molecule has 1 amide bonds. The van der Waals surface area contributed by atoms with Crippen molar-refractivity contribution in [2.24, 2.45) is 13.0 Å². The predicted octanol–water partition coefficient (Wildman–Crippen LogP) is -0.323. The van der Waals surface area contributed by atoms with Crippen LogP contribution in [0.25, 0.3) is 0 Å². The third-order valence-electron chi connectivity index (χ3n) is 1.92. The van der Waals surface area contributed by atoms with Gasteiger partial charge in [0.2, 0.25) is 5.91 Å². The maximum absolute atomic E-state index is 11.3. The molecule has 0 aliphatic heterocycles. The van der Waals surface area contributed by atoms with Crippen LogP contribution in [0.5, 0.6) is 0 Å². The van der Waals surface area contributed by atoms with Crippen molar-refractivity contribution in [3.05, 3.63) is 12.2 Å². The van der Waals surface area contributed by atoms with E-state index in [1.54, 1.807) is 11.0 Å². The molecule has 0 radical (unpaired) electrons. The van der Waals surface area contributed by atoms with Crippen LogP contribution in [0.3, 0.4) is 0 Å². The van der Waals surface area contributed by atoms with Gasteiger partial charge in [0.15, 0.2) is 5.82 Å². The molecule has 0 atom stereocenters. The van der Waals surface area contributed by atoms with Crippen LogP contribution < -0.4 is 10.6 Å². The smallest absolute Gasteiger partial charge is 0.233 e. The number of nitrogens with zero attached hydrogens (tertiary/aromatic N) is 3. The van der Waals surface area contributed by atoms with Gasteiger partial charge in [-0.2, -0.15) is 5.10 Å². The lowest BCUT2D eigenvalue weighted by atomic mass is 10.2. The molecule has 1 aromatic rings. The molecular weight excluding hydrogens is 206 g/mol. The van der Waals surface area contributed by atoms with E-state index in [-0.39, 0.29) is 5.91 Å². The van der Waals surface area contributed by atoms with E-state index in [1.807, 2.05) is 7.05 Å². The third-order valence-corrected chi connectivity index (χ3v) is 1.92. The van der Waals surface area contributed by atoms with Gasteiger partial charge in [-0.05, 0) is 5.92 Å². The van der Waals surface area contributed by atoms with Crippen LogP contribution in [0.4, 0.5) is 0 Å². The fourth-order valence-electron chi connectivity index (χ4n) is 1.13. The molecule has 90 valence electrons. The average Bonchev–Trinajstić information content (AvgIpc) is 2.61. The lowest BCUT2D eigenvalue weighted by molar-refractivity contribution is -0.120. The van der Waals surface area contributed by atoms with Crippen molar-refractivity contribution in [2.75, 3.05) is 13.1 Å². The van der Waals surface area contributed by atoms with Gasteiger partial charge in [-0.15, -0.1) is 0 Å². The summed E-state index contributed by atoms with van der Waals surface area (Å²) in [6.45, 7) is 5.64. The highest BCUT2D eigenvalue weighted by molar-refractivity contribution is 5.77. The second kappa shape index (κ2) is 6.22. The van der Waals surface area contributed by atoms with Gasteiger partial charge in [0.1, 0.15) is 6.33 Å². The molecule has 1 aromatic heterocycles. The first kappa shape index (κ1) is 12.6. The summed E-state index contributed by atoms with van der Waals surface area (Å²) in [6, 6.07) is 0. The molecule has 1 heterocycles. The number of rotatable bonds is 6. The normalized spacial score (nSPS) is 10.8. The van der Waals surface area contributed by atoms with Crippen molar-refractivity contribution in [3.8, 4) is 0 Å². The van der Waals surface area contributed by atoms with Crippen LogP contribution in [-0.4, -0.2) is 33.8 Å². The summed E-state index contributed by atoms with van der Waals surface area (Å²) in [5, 5.41) is 9.91. The number of aromatic nitrogens is 3. The summed E-state index contributed by atoms with van der Waals surface area (Å²) in [6.07, 6.45) is 1.63. The average molecular weight is 225 g/mol. The van der Waals surface area contributed by atoms with Crippen LogP contribution >= 0.6 is 0 Å². The minimum Gasteiger partial charge on any atom is -0.355 e. The highest BCUT2D eigenvalue weighted by atomic mass is 16.1. The second-order valence-electron chi connectivity index (χ2n) is 4.14. The zero-order valence-electron chi connectivity index (χ0n) is 10.0. The molecule has 6 heteroatoms. The van der Waals surface area contributed by atoms with Gasteiger partial charge >= 0.3 is 0 Å². The van der Waals surface area contributed by atoms with Crippen molar-refractivity contribution >= 4 is 5.91 Å². The van der Waals surface area contributed by atoms with Crippen molar-refractivity contribution < 1.29 is 4.79 Å². The number of aryl methyl sites for hydroxylation is 1. The van der Waals surface area contributed by atoms with Crippen LogP contribution in [0, 0.1) is 5.92 Å². The number of amides is 1. The zero-order valence-corrected chi connectivity index (χ0v) is 10.0. The van der Waals surface area contributed by atoms with E-state index < -0.39 is 0 Å². The second-order valence-corrected chi connectivity index (χ2v) is 4.14. The molecule has 0 fully saturated rings. The quantitative estimate of drug-likeness (QED) is 0.696. The molecule has 0 saturated heterocycles. The maximum Gasteiger partial charge on any atom is 0.233 e. The summed E-state index contributed by atoms with van der Waals surface area (Å²) >= 11 is 0. The fraction of sp³-hybridized carbons (Fsp3) is 0.700. The molecule has 0 aliphatic carbocycles. The topological polar surface area (TPSA) is 71.8 Å². The van der Waals surface area contributed by atoms with E-state index in [9.17, 15) is 4.79 Å². The summed E-state index contributed by atoms with van der Waals surface area (Å²) in [7, 11) is 1.81. The molecule has 0 spiro atoms. The lowest BCUT2D eigenvalue weighted by Crippen LogP contribution is -2.35. The van der Waals surface area contributed by atoms with E-state index in [0.717, 1.165) is 0 Å². The third kappa shape index (κ3) is 4.88. The number of carbonyl (C=O) groups excluding carboxylic acids is 1. The molecule has 16 heavy (non-hydrogen) atoms. The first-order valence-electron chi connectivity index (χ1n) is 5.40. The molecule has 0 bridgehead atoms. The highest BCUT2D eigenvalue weighted by Crippen LogP contribution is 1.87. The lowest BCUT2D eigenvalue weighted by Gasteiger charge is -2.07. The minimum absolute atomic E-state index is 0.00429. The van der Waals surface area contributed by atoms with Crippen LogP contribution in [0.1, 0.15) is 19.7 Å². The molecule has 0 aromatic carbocycles. The highest BCUT2D eigenvalue weighted by Gasteiger charge is 2.03. The first-order valence-corrected chi connectivity index (χ1v) is 5.40. The Balaban J connectivity index is 2.13. The number of hydrogen-bond donors (Lipinski definition) is 2. The van der Waals surface area contributed by atoms with Crippen molar-refractivity contribution in [3.63, 3.8) is 0 Å². The molecule has 2 N–H and O–H groups in total. The molecule has 0 aliphatic rings. The molecule has 0 unspecified atom stereocenters. The summed E-state index contributed by atoms with van der Waals surface area (Å²) in [5.74, 6) is 1.17. The van der Waals surface area contributed by atoms with E-state index in [2.05, 4.69) is 34.6 Å². The van der Waals surface area contributed by atoms with Crippen LogP contribution in [0.2, 0.25) is 0 Å². The Morgan fingerprint density at radius 3 is 2.88 bits per heavy atom. The van der Waals surface area contributed by atoms with Crippen LogP contribution in [0.15, 0.2) is 6.33 Å². The molecule has 6 nitrogen and oxygen atoms in total. The first-order chi connectivity index (χ1) is 7.58. The number of nitrogens with one attached hydrogen (secondary N) is 2. The molecule has 0 saturated carbocycles. The standard InChI is InChI=1S/C10H19N5O/c1-8(2)4-12-10(16)6-11-5-9-13-7-15(3)14-9/h7-8,11H,4-6H2,1-3H3,(H,12,16). The minimum atomic E-state index is 0.00429. The summed E-state index contributed by atoms with van der Waals surface area (Å²) in [4.78, 5) is 15.4. The van der Waals surface area contributed by atoms with Gasteiger partial charge in [0.25, 0.3) is 0 Å². The summed E-state index contributed by atoms with van der Waals surface area (Å²) < 4.78 is 1.63. The Morgan fingerprint density at radius 1 is 1.56 bits per heavy atom. The molecular formula is C10H19N5O. The van der Waals surface area contributed by atoms with Gasteiger partial charge in [-0.1, -0.05) is 13.8 Å². The van der Waals surface area contributed by atoms with Gasteiger partial charge < -0.3 is 10.6 Å². The predicted molar refractivity (Wildman–Crippen MR) is 60.6 cm³/mol. The SMILES string of the molecule is CC(C)CNC(=O)CNCc1ncn(C)n1. The van der Waals surface area contributed by atoms with E-state index in [0.29, 0.717) is 31.4 Å². The Kier molecular flexibility index (Phi) is 4.91. The summed E-state index contributed by atoms with van der Waals surface area (Å²) in [5.41, 5.74) is 0. The van der Waals surface area contributed by atoms with Gasteiger partial charge in [-0.25, -0.2) is 4.98 Å². The zero-order chi connectivity index (χ0) is 12.0. The Morgan fingerprint density at radius 2 is 2.31 bits per heavy atom. The van der Waals surface area contributed by atoms with E-state index >= 15 is 0 Å². The van der Waals surface area contributed by atoms with Gasteiger partial charge in [0.05, 0.1) is 13.1 Å². The van der Waals surface area contributed by atoms with E-state index in [1.165, 1.54) is 0 Å². The number of carbonyl (C=O) groups is 1. The Bertz CT molecular complexity index is 334. The van der Waals surface area contributed by atoms with E-state index in [4.69, 9.17) is 0 Å². The number of hydrogen-bond acceptors (Lipinski definition) is 4. The largest absolute Gasteiger partial charge is 0.355 e. The monoisotopic (exact) mass is 225 g/mol.